The summed E-state index contributed by atoms with van der Waals surface area (Å²) >= 11 is 6.03. The summed E-state index contributed by atoms with van der Waals surface area (Å²) in [5.41, 5.74) is 2.62. The van der Waals surface area contributed by atoms with Gasteiger partial charge in [0, 0.05) is 11.1 Å². The van der Waals surface area contributed by atoms with Crippen molar-refractivity contribution in [3.63, 3.8) is 0 Å². The zero-order valence-electron chi connectivity index (χ0n) is 9.97. The molecule has 1 aromatic carbocycles. The van der Waals surface area contributed by atoms with Gasteiger partial charge in [-0.05, 0) is 49.6 Å². The number of aryl methyl sites for hydroxylation is 1. The summed E-state index contributed by atoms with van der Waals surface area (Å²) in [6.45, 7) is 6.62. The zero-order chi connectivity index (χ0) is 11.4. The van der Waals surface area contributed by atoms with Gasteiger partial charge in [0.1, 0.15) is 0 Å². The Morgan fingerprint density at radius 3 is 2.53 bits per heavy atom. The van der Waals surface area contributed by atoms with E-state index in [-0.39, 0.29) is 0 Å². The highest BCUT2D eigenvalue weighted by atomic mass is 35.5. The van der Waals surface area contributed by atoms with Crippen LogP contribution in [0.25, 0.3) is 0 Å². The molecule has 1 N–H and O–H groups in total. The molecule has 0 spiro atoms. The van der Waals surface area contributed by atoms with Crippen LogP contribution in [0.3, 0.4) is 0 Å². The van der Waals surface area contributed by atoms with Crippen molar-refractivity contribution in [1.29, 1.82) is 0 Å². The van der Waals surface area contributed by atoms with Crippen LogP contribution in [-0.2, 0) is 0 Å². The van der Waals surface area contributed by atoms with Crippen LogP contribution >= 0.6 is 11.6 Å². The summed E-state index contributed by atoms with van der Waals surface area (Å²) in [7, 11) is 2.01. The van der Waals surface area contributed by atoms with Gasteiger partial charge in [-0.15, -0.1) is 0 Å². The molecule has 0 radical (unpaired) electrons. The number of benzene rings is 1. The van der Waals surface area contributed by atoms with Gasteiger partial charge in [0.25, 0.3) is 0 Å². The Morgan fingerprint density at radius 1 is 1.33 bits per heavy atom. The first-order valence-corrected chi connectivity index (χ1v) is 5.85. The molecule has 2 heteroatoms. The molecule has 1 atom stereocenters. The minimum atomic E-state index is 0.406. The van der Waals surface area contributed by atoms with E-state index in [0.29, 0.717) is 12.0 Å². The number of hydrogen-bond acceptors (Lipinski definition) is 1. The molecule has 0 saturated heterocycles. The molecule has 0 saturated carbocycles. The summed E-state index contributed by atoms with van der Waals surface area (Å²) in [6.07, 6.45) is 1.14. The van der Waals surface area contributed by atoms with Crippen molar-refractivity contribution in [2.45, 2.75) is 33.2 Å². The Labute approximate surface area is 97.8 Å². The van der Waals surface area contributed by atoms with E-state index >= 15 is 0 Å². The average molecular weight is 226 g/mol. The molecule has 15 heavy (non-hydrogen) atoms. The van der Waals surface area contributed by atoms with Crippen LogP contribution in [-0.4, -0.2) is 7.05 Å². The van der Waals surface area contributed by atoms with E-state index in [0.717, 1.165) is 11.4 Å². The van der Waals surface area contributed by atoms with Crippen molar-refractivity contribution in [1.82, 2.24) is 5.32 Å². The molecular weight excluding hydrogens is 206 g/mol. The van der Waals surface area contributed by atoms with E-state index in [4.69, 9.17) is 11.6 Å². The largest absolute Gasteiger partial charge is 0.313 e. The number of nitrogens with one attached hydrogen (secondary N) is 1. The Kier molecular flexibility index (Phi) is 4.62. The maximum atomic E-state index is 6.03. The lowest BCUT2D eigenvalue weighted by Gasteiger charge is -2.21. The minimum absolute atomic E-state index is 0.406. The molecule has 84 valence electrons. The standard InChI is InChI=1S/C13H20ClN/c1-9(2)7-13(15-4)12-8-11(14)6-5-10(12)3/h5-6,8-9,13,15H,7H2,1-4H3. The van der Waals surface area contributed by atoms with Gasteiger partial charge in [-0.25, -0.2) is 0 Å². The maximum absolute atomic E-state index is 6.03. The van der Waals surface area contributed by atoms with Gasteiger partial charge in [0.15, 0.2) is 0 Å². The third-order valence-electron chi connectivity index (χ3n) is 2.67. The fourth-order valence-corrected chi connectivity index (χ4v) is 2.04. The summed E-state index contributed by atoms with van der Waals surface area (Å²) in [5.74, 6) is 0.681. The lowest BCUT2D eigenvalue weighted by Crippen LogP contribution is -2.19. The highest BCUT2D eigenvalue weighted by Gasteiger charge is 2.13. The molecule has 0 aliphatic heterocycles. The van der Waals surface area contributed by atoms with E-state index in [9.17, 15) is 0 Å². The normalized spacial score (nSPS) is 13.2. The first-order valence-electron chi connectivity index (χ1n) is 5.48. The molecule has 0 heterocycles. The Bertz CT molecular complexity index is 320. The topological polar surface area (TPSA) is 12.0 Å². The first-order chi connectivity index (χ1) is 7.04. The van der Waals surface area contributed by atoms with Crippen LogP contribution in [0, 0.1) is 12.8 Å². The minimum Gasteiger partial charge on any atom is -0.313 e. The summed E-state index contributed by atoms with van der Waals surface area (Å²) in [4.78, 5) is 0. The molecule has 1 aromatic rings. The number of rotatable bonds is 4. The second-order valence-corrected chi connectivity index (χ2v) is 4.91. The molecule has 0 aromatic heterocycles. The summed E-state index contributed by atoms with van der Waals surface area (Å²) < 4.78 is 0. The fraction of sp³-hybridized carbons (Fsp3) is 0.538. The molecule has 1 rings (SSSR count). The van der Waals surface area contributed by atoms with Gasteiger partial charge < -0.3 is 5.32 Å². The van der Waals surface area contributed by atoms with Crippen LogP contribution < -0.4 is 5.32 Å². The van der Waals surface area contributed by atoms with Crippen molar-refractivity contribution < 1.29 is 0 Å². The molecular formula is C13H20ClN. The summed E-state index contributed by atoms with van der Waals surface area (Å²) in [5, 5.41) is 4.18. The molecule has 0 fully saturated rings. The predicted octanol–water partition coefficient (Wildman–Crippen LogP) is 3.96. The second-order valence-electron chi connectivity index (χ2n) is 4.47. The van der Waals surface area contributed by atoms with Crippen LogP contribution in [0.15, 0.2) is 18.2 Å². The fourth-order valence-electron chi connectivity index (χ4n) is 1.86. The van der Waals surface area contributed by atoms with Crippen LogP contribution in [0.2, 0.25) is 5.02 Å². The van der Waals surface area contributed by atoms with Crippen LogP contribution in [0.5, 0.6) is 0 Å². The lowest BCUT2D eigenvalue weighted by molar-refractivity contribution is 0.455. The molecule has 0 bridgehead atoms. The molecule has 0 aliphatic rings. The van der Waals surface area contributed by atoms with E-state index in [1.807, 2.05) is 13.1 Å². The van der Waals surface area contributed by atoms with Gasteiger partial charge in [-0.1, -0.05) is 31.5 Å². The first kappa shape index (κ1) is 12.5. The van der Waals surface area contributed by atoms with Gasteiger partial charge in [0.05, 0.1) is 0 Å². The average Bonchev–Trinajstić information content (AvgIpc) is 2.18. The van der Waals surface area contributed by atoms with Crippen molar-refractivity contribution in [2.24, 2.45) is 5.92 Å². The SMILES string of the molecule is CNC(CC(C)C)c1cc(Cl)ccc1C. The molecule has 1 unspecified atom stereocenters. The van der Waals surface area contributed by atoms with E-state index in [2.05, 4.69) is 38.2 Å². The highest BCUT2D eigenvalue weighted by Crippen LogP contribution is 2.26. The number of hydrogen-bond donors (Lipinski definition) is 1. The second kappa shape index (κ2) is 5.53. The Balaban J connectivity index is 2.95. The van der Waals surface area contributed by atoms with Gasteiger partial charge in [-0.3, -0.25) is 0 Å². The van der Waals surface area contributed by atoms with Crippen molar-refractivity contribution in [2.75, 3.05) is 7.05 Å². The van der Waals surface area contributed by atoms with E-state index in [1.165, 1.54) is 11.1 Å². The zero-order valence-corrected chi connectivity index (χ0v) is 10.7. The van der Waals surface area contributed by atoms with Gasteiger partial charge >= 0.3 is 0 Å². The molecule has 1 nitrogen and oxygen atoms in total. The predicted molar refractivity (Wildman–Crippen MR) is 67.4 cm³/mol. The number of halogens is 1. The monoisotopic (exact) mass is 225 g/mol. The summed E-state index contributed by atoms with van der Waals surface area (Å²) in [6, 6.07) is 6.51. The van der Waals surface area contributed by atoms with Crippen LogP contribution in [0.1, 0.15) is 37.4 Å². The third-order valence-corrected chi connectivity index (χ3v) is 2.91. The molecule has 0 amide bonds. The Hall–Kier alpha value is -0.530. The molecule has 0 aliphatic carbocycles. The van der Waals surface area contributed by atoms with E-state index < -0.39 is 0 Å². The Morgan fingerprint density at radius 2 is 2.00 bits per heavy atom. The maximum Gasteiger partial charge on any atom is 0.0409 e. The van der Waals surface area contributed by atoms with Crippen molar-refractivity contribution in [3.8, 4) is 0 Å². The smallest absolute Gasteiger partial charge is 0.0409 e. The van der Waals surface area contributed by atoms with Gasteiger partial charge in [0.2, 0.25) is 0 Å². The quantitative estimate of drug-likeness (QED) is 0.818. The highest BCUT2D eigenvalue weighted by molar-refractivity contribution is 6.30. The third kappa shape index (κ3) is 3.51. The van der Waals surface area contributed by atoms with Crippen LogP contribution in [0.4, 0.5) is 0 Å². The lowest BCUT2D eigenvalue weighted by atomic mass is 9.94. The van der Waals surface area contributed by atoms with Gasteiger partial charge in [-0.2, -0.15) is 0 Å². The van der Waals surface area contributed by atoms with E-state index in [1.54, 1.807) is 0 Å². The van der Waals surface area contributed by atoms with Crippen molar-refractivity contribution in [3.05, 3.63) is 34.3 Å². The van der Waals surface area contributed by atoms with Crippen molar-refractivity contribution >= 4 is 11.6 Å².